The minimum atomic E-state index is -3.59. The van der Waals surface area contributed by atoms with Crippen molar-refractivity contribution < 1.29 is 8.42 Å². The first-order valence-electron chi connectivity index (χ1n) is 6.44. The summed E-state index contributed by atoms with van der Waals surface area (Å²) in [6, 6.07) is 1.62. The molecule has 0 atom stereocenters. The lowest BCUT2D eigenvalue weighted by Crippen LogP contribution is -2.16. The van der Waals surface area contributed by atoms with Gasteiger partial charge in [0.25, 0.3) is 10.0 Å². The lowest BCUT2D eigenvalue weighted by molar-refractivity contribution is 0.573. The first-order valence-corrected chi connectivity index (χ1v) is 9.68. The zero-order chi connectivity index (χ0) is 15.7. The van der Waals surface area contributed by atoms with Crippen molar-refractivity contribution in [1.29, 1.82) is 0 Å². The monoisotopic (exact) mass is 345 g/mol. The highest BCUT2D eigenvalue weighted by atomic mass is 32.2. The minimum Gasteiger partial charge on any atom is -0.315 e. The number of anilines is 1. The highest BCUT2D eigenvalue weighted by Gasteiger charge is 2.23. The van der Waals surface area contributed by atoms with E-state index in [4.69, 9.17) is 0 Å². The van der Waals surface area contributed by atoms with Gasteiger partial charge in [0.15, 0.2) is 5.13 Å². The predicted octanol–water partition coefficient (Wildman–Crippen LogP) is 3.02. The number of sulfonamides is 1. The van der Waals surface area contributed by atoms with Gasteiger partial charge in [-0.05, 0) is 18.5 Å². The smallest absolute Gasteiger partial charge is 0.264 e. The van der Waals surface area contributed by atoms with Crippen LogP contribution in [0.1, 0.15) is 31.3 Å². The molecular weight excluding hydrogens is 326 g/mol. The van der Waals surface area contributed by atoms with E-state index in [0.717, 1.165) is 10.6 Å². The van der Waals surface area contributed by atoms with Crippen LogP contribution in [-0.4, -0.2) is 20.4 Å². The number of hydrogen-bond donors (Lipinski definition) is 2. The quantitative estimate of drug-likeness (QED) is 0.874. The average Bonchev–Trinajstić information content (AvgIpc) is 2.97. The number of thiazole rings is 1. The maximum atomic E-state index is 12.5. The van der Waals surface area contributed by atoms with Crippen molar-refractivity contribution in [3.8, 4) is 0 Å². The van der Waals surface area contributed by atoms with Crippen molar-refractivity contribution in [2.24, 2.45) is 0 Å². The molecule has 8 heteroatoms. The Morgan fingerprint density at radius 3 is 2.57 bits per heavy atom. The maximum absolute atomic E-state index is 12.5. The van der Waals surface area contributed by atoms with Crippen LogP contribution in [0.4, 0.5) is 5.13 Å². The molecule has 2 N–H and O–H groups in total. The van der Waals surface area contributed by atoms with Crippen LogP contribution in [0.15, 0.2) is 21.7 Å². The summed E-state index contributed by atoms with van der Waals surface area (Å²) in [4.78, 5) is 5.47. The second-order valence-electron chi connectivity index (χ2n) is 5.63. The molecular formula is C13H19N3O2S3. The largest absolute Gasteiger partial charge is 0.315 e. The van der Waals surface area contributed by atoms with Gasteiger partial charge in [-0.2, -0.15) is 0 Å². The van der Waals surface area contributed by atoms with Gasteiger partial charge in [-0.15, -0.1) is 22.7 Å². The van der Waals surface area contributed by atoms with Crippen LogP contribution < -0.4 is 10.0 Å². The van der Waals surface area contributed by atoms with Crippen LogP contribution in [0.5, 0.6) is 0 Å². The molecule has 0 bridgehead atoms. The predicted molar refractivity (Wildman–Crippen MR) is 88.7 cm³/mol. The Labute approximate surface area is 133 Å². The third kappa shape index (κ3) is 3.82. The molecule has 0 radical (unpaired) electrons. The third-order valence-electron chi connectivity index (χ3n) is 2.83. The van der Waals surface area contributed by atoms with Crippen LogP contribution >= 0.6 is 22.7 Å². The van der Waals surface area contributed by atoms with Crippen LogP contribution in [0.3, 0.4) is 0 Å². The number of nitrogens with one attached hydrogen (secondary N) is 2. The van der Waals surface area contributed by atoms with Gasteiger partial charge < -0.3 is 5.32 Å². The van der Waals surface area contributed by atoms with E-state index in [2.05, 4.69) is 15.0 Å². The van der Waals surface area contributed by atoms with Crippen molar-refractivity contribution >= 4 is 37.8 Å². The molecule has 2 heterocycles. The summed E-state index contributed by atoms with van der Waals surface area (Å²) in [5.41, 5.74) is 0.783. The molecule has 0 aromatic carbocycles. The van der Waals surface area contributed by atoms with E-state index in [-0.39, 0.29) is 5.41 Å². The second kappa shape index (κ2) is 6.04. The van der Waals surface area contributed by atoms with Gasteiger partial charge in [0.2, 0.25) is 0 Å². The SMILES string of the molecule is CNCc1sccc1S(=O)(=O)Nc1nc(C(C)(C)C)cs1. The summed E-state index contributed by atoms with van der Waals surface area (Å²) in [6.07, 6.45) is 0. The minimum absolute atomic E-state index is 0.0974. The van der Waals surface area contributed by atoms with Crippen LogP contribution in [0.2, 0.25) is 0 Å². The fourth-order valence-electron chi connectivity index (χ4n) is 1.69. The topological polar surface area (TPSA) is 71.1 Å². The Morgan fingerprint density at radius 2 is 2.00 bits per heavy atom. The van der Waals surface area contributed by atoms with Crippen molar-refractivity contribution in [3.63, 3.8) is 0 Å². The molecule has 0 aliphatic carbocycles. The van der Waals surface area contributed by atoms with Gasteiger partial charge in [0, 0.05) is 22.2 Å². The Balaban J connectivity index is 2.25. The summed E-state index contributed by atoms with van der Waals surface area (Å²) >= 11 is 2.73. The first-order chi connectivity index (χ1) is 9.74. The molecule has 0 aliphatic rings. The van der Waals surface area contributed by atoms with Gasteiger partial charge in [-0.25, -0.2) is 13.4 Å². The van der Waals surface area contributed by atoms with E-state index in [1.165, 1.54) is 22.7 Å². The fourth-order valence-corrected chi connectivity index (χ4v) is 5.34. The van der Waals surface area contributed by atoms with E-state index in [1.54, 1.807) is 18.5 Å². The van der Waals surface area contributed by atoms with E-state index < -0.39 is 10.0 Å². The number of rotatable bonds is 5. The number of nitrogens with zero attached hydrogens (tertiary/aromatic N) is 1. The van der Waals surface area contributed by atoms with E-state index in [0.29, 0.717) is 16.6 Å². The first kappa shape index (κ1) is 16.4. The highest BCUT2D eigenvalue weighted by molar-refractivity contribution is 7.93. The number of hydrogen-bond acceptors (Lipinski definition) is 6. The van der Waals surface area contributed by atoms with E-state index in [9.17, 15) is 8.42 Å². The molecule has 0 amide bonds. The van der Waals surface area contributed by atoms with E-state index >= 15 is 0 Å². The summed E-state index contributed by atoms with van der Waals surface area (Å²) in [6.45, 7) is 6.66. The van der Waals surface area contributed by atoms with Crippen molar-refractivity contribution in [3.05, 3.63) is 27.4 Å². The van der Waals surface area contributed by atoms with Gasteiger partial charge in [-0.3, -0.25) is 4.72 Å². The van der Waals surface area contributed by atoms with Crippen LogP contribution in [0, 0.1) is 0 Å². The molecule has 2 aromatic heterocycles. The molecule has 5 nitrogen and oxygen atoms in total. The summed E-state index contributed by atoms with van der Waals surface area (Å²) in [5.74, 6) is 0. The average molecular weight is 346 g/mol. The van der Waals surface area contributed by atoms with Gasteiger partial charge in [0.1, 0.15) is 4.90 Å². The second-order valence-corrected chi connectivity index (χ2v) is 9.14. The molecule has 2 rings (SSSR count). The number of aromatic nitrogens is 1. The van der Waals surface area contributed by atoms with Crippen molar-refractivity contribution in [2.45, 2.75) is 37.6 Å². The van der Waals surface area contributed by atoms with Crippen LogP contribution in [0.25, 0.3) is 0 Å². The normalized spacial score (nSPS) is 12.6. The lowest BCUT2D eigenvalue weighted by atomic mass is 9.93. The summed E-state index contributed by atoms with van der Waals surface area (Å²) in [5, 5.41) is 7.05. The van der Waals surface area contributed by atoms with Crippen molar-refractivity contribution in [1.82, 2.24) is 10.3 Å². The third-order valence-corrected chi connectivity index (χ3v) is 6.19. The molecule has 2 aromatic rings. The molecule has 0 spiro atoms. The summed E-state index contributed by atoms with van der Waals surface area (Å²) in [7, 11) is -1.80. The molecule has 21 heavy (non-hydrogen) atoms. The molecule has 0 fully saturated rings. The van der Waals surface area contributed by atoms with Crippen molar-refractivity contribution in [2.75, 3.05) is 11.8 Å². The maximum Gasteiger partial charge on any atom is 0.264 e. The Hall–Kier alpha value is -0.960. The van der Waals surface area contributed by atoms with Gasteiger partial charge in [-0.1, -0.05) is 20.8 Å². The van der Waals surface area contributed by atoms with E-state index in [1.807, 2.05) is 26.2 Å². The molecule has 116 valence electrons. The fraction of sp³-hybridized carbons (Fsp3) is 0.462. The Bertz CT molecular complexity index is 711. The lowest BCUT2D eigenvalue weighted by Gasteiger charge is -2.14. The highest BCUT2D eigenvalue weighted by Crippen LogP contribution is 2.29. The summed E-state index contributed by atoms with van der Waals surface area (Å²) < 4.78 is 27.5. The standard InChI is InChI=1S/C13H19N3O2S3/c1-13(2,3)11-8-20-12(15-11)16-21(17,18)10-5-6-19-9(10)7-14-4/h5-6,8,14H,7H2,1-4H3,(H,15,16). The van der Waals surface area contributed by atoms with Gasteiger partial charge >= 0.3 is 0 Å². The van der Waals surface area contributed by atoms with Crippen LogP contribution in [-0.2, 0) is 22.0 Å². The van der Waals surface area contributed by atoms with Gasteiger partial charge in [0.05, 0.1) is 5.69 Å². The molecule has 0 saturated heterocycles. The Kier molecular flexibility index (Phi) is 4.72. The number of thiophene rings is 1. The molecule has 0 unspecified atom stereocenters. The molecule has 0 saturated carbocycles. The zero-order valence-corrected chi connectivity index (χ0v) is 14.9. The zero-order valence-electron chi connectivity index (χ0n) is 12.4. The Morgan fingerprint density at radius 1 is 1.29 bits per heavy atom. The molecule has 0 aliphatic heterocycles.